The molecule has 1 heterocycles. The summed E-state index contributed by atoms with van der Waals surface area (Å²) in [5.74, 6) is 5.06. The minimum absolute atomic E-state index is 0. The van der Waals surface area contributed by atoms with E-state index >= 15 is 0 Å². The number of nitrogens with one attached hydrogen (secondary N) is 1. The molecule has 0 fully saturated rings. The molecule has 0 radical (unpaired) electrons. The molecule has 50 valence electrons. The third kappa shape index (κ3) is 2.30. The van der Waals surface area contributed by atoms with E-state index in [0.29, 0.717) is 0 Å². The number of hydrogen-bond donors (Lipinski definition) is 2. The van der Waals surface area contributed by atoms with Crippen LogP contribution in [0.3, 0.4) is 0 Å². The fraction of sp³-hybridized carbons (Fsp3) is 0. The summed E-state index contributed by atoms with van der Waals surface area (Å²) < 4.78 is 1.65. The van der Waals surface area contributed by atoms with E-state index in [4.69, 9.17) is 5.84 Å². The summed E-state index contributed by atoms with van der Waals surface area (Å²) in [5.41, 5.74) is 2.44. The van der Waals surface area contributed by atoms with Gasteiger partial charge in [-0.2, -0.15) is 0 Å². The lowest BCUT2D eigenvalue weighted by atomic mass is 10.5. The predicted octanol–water partition coefficient (Wildman–Crippen LogP) is -0.187. The Labute approximate surface area is 59.8 Å². The van der Waals surface area contributed by atoms with Crippen LogP contribution < -0.4 is 16.1 Å². The van der Waals surface area contributed by atoms with E-state index in [9.17, 15) is 0 Å². The van der Waals surface area contributed by atoms with Gasteiger partial charge in [0, 0.05) is 12.1 Å². The molecule has 9 heavy (non-hydrogen) atoms. The van der Waals surface area contributed by atoms with Crippen molar-refractivity contribution >= 4 is 12.4 Å². The zero-order valence-electron chi connectivity index (χ0n) is 4.82. The molecule has 0 amide bonds. The van der Waals surface area contributed by atoms with Crippen LogP contribution in [0.2, 0.25) is 0 Å². The summed E-state index contributed by atoms with van der Waals surface area (Å²) in [5, 5.41) is 0. The molecule has 0 saturated heterocycles. The minimum Gasteiger partial charge on any atom is -0.200 e. The van der Waals surface area contributed by atoms with Crippen LogP contribution in [0.15, 0.2) is 30.6 Å². The number of aromatic nitrogens is 1. The van der Waals surface area contributed by atoms with Gasteiger partial charge in [0.1, 0.15) is 0 Å². The second-order valence-electron chi connectivity index (χ2n) is 1.41. The summed E-state index contributed by atoms with van der Waals surface area (Å²) in [6.45, 7) is 0. The van der Waals surface area contributed by atoms with Crippen LogP contribution in [0, 0.1) is 0 Å². The zero-order valence-corrected chi connectivity index (χ0v) is 5.64. The lowest BCUT2D eigenvalue weighted by Crippen LogP contribution is -2.48. The largest absolute Gasteiger partial charge is 0.200 e. The minimum atomic E-state index is 0. The van der Waals surface area contributed by atoms with Crippen molar-refractivity contribution < 1.29 is 4.68 Å². The molecule has 0 bridgehead atoms. The smallest absolute Gasteiger partial charge is 0.200 e. The predicted molar refractivity (Wildman–Crippen MR) is 37.4 cm³/mol. The van der Waals surface area contributed by atoms with Gasteiger partial charge in [0.2, 0.25) is 12.4 Å². The Balaban J connectivity index is 0.000000640. The first-order valence-electron chi connectivity index (χ1n) is 2.36. The second-order valence-corrected chi connectivity index (χ2v) is 1.41. The molecule has 0 aliphatic rings. The Bertz CT molecular complexity index is 154. The zero-order chi connectivity index (χ0) is 5.82. The lowest BCUT2D eigenvalue weighted by molar-refractivity contribution is -0.651. The number of halogens is 1. The van der Waals surface area contributed by atoms with Crippen LogP contribution in [0.4, 0.5) is 0 Å². The van der Waals surface area contributed by atoms with E-state index < -0.39 is 0 Å². The Morgan fingerprint density at radius 2 is 1.67 bits per heavy atom. The van der Waals surface area contributed by atoms with Gasteiger partial charge in [-0.15, -0.1) is 17.9 Å². The highest BCUT2D eigenvalue weighted by molar-refractivity contribution is 5.85. The van der Waals surface area contributed by atoms with Crippen molar-refractivity contribution in [2.45, 2.75) is 0 Å². The molecule has 1 rings (SSSR count). The molecule has 0 saturated carbocycles. The average molecular weight is 147 g/mol. The molecular formula is C5H9ClN3+. The normalized spacial score (nSPS) is 7.67. The third-order valence-electron chi connectivity index (χ3n) is 0.865. The Kier molecular flexibility index (Phi) is 3.75. The molecule has 1 aromatic heterocycles. The van der Waals surface area contributed by atoms with Gasteiger partial charge in [0.25, 0.3) is 0 Å². The Morgan fingerprint density at radius 3 is 2.00 bits per heavy atom. The molecule has 0 atom stereocenters. The monoisotopic (exact) mass is 146 g/mol. The van der Waals surface area contributed by atoms with Crippen molar-refractivity contribution in [2.75, 3.05) is 5.53 Å². The van der Waals surface area contributed by atoms with Crippen molar-refractivity contribution in [1.82, 2.24) is 0 Å². The molecule has 3 nitrogen and oxygen atoms in total. The molecule has 0 aliphatic heterocycles. The van der Waals surface area contributed by atoms with E-state index in [0.717, 1.165) is 0 Å². The molecule has 1 aromatic rings. The van der Waals surface area contributed by atoms with Crippen molar-refractivity contribution in [3.05, 3.63) is 30.6 Å². The number of hydrogen-bond acceptors (Lipinski definition) is 2. The van der Waals surface area contributed by atoms with E-state index in [1.807, 2.05) is 30.6 Å². The average Bonchev–Trinajstić information content (AvgIpc) is 1.90. The third-order valence-corrected chi connectivity index (χ3v) is 0.865. The first-order valence-corrected chi connectivity index (χ1v) is 2.36. The highest BCUT2D eigenvalue weighted by atomic mass is 35.5. The van der Waals surface area contributed by atoms with Gasteiger partial charge in [0.05, 0.1) is 0 Å². The quantitative estimate of drug-likeness (QED) is 0.328. The fourth-order valence-electron chi connectivity index (χ4n) is 0.485. The van der Waals surface area contributed by atoms with Crippen molar-refractivity contribution in [1.29, 1.82) is 0 Å². The van der Waals surface area contributed by atoms with Gasteiger partial charge in [0.15, 0.2) is 0 Å². The lowest BCUT2D eigenvalue weighted by Gasteiger charge is -1.86. The number of hydrazine groups is 1. The number of pyridine rings is 1. The summed E-state index contributed by atoms with van der Waals surface area (Å²) in [6.07, 6.45) is 3.64. The van der Waals surface area contributed by atoms with Gasteiger partial charge >= 0.3 is 0 Å². The number of nitrogens with zero attached hydrogens (tertiary/aromatic N) is 1. The molecule has 0 spiro atoms. The van der Waals surface area contributed by atoms with Gasteiger partial charge in [-0.1, -0.05) is 10.7 Å². The number of nitrogens with two attached hydrogens (primary N) is 1. The maximum Gasteiger partial charge on any atom is 0.200 e. The van der Waals surface area contributed by atoms with Crippen LogP contribution in [0.1, 0.15) is 0 Å². The van der Waals surface area contributed by atoms with Crippen LogP contribution in [0.25, 0.3) is 0 Å². The summed E-state index contributed by atoms with van der Waals surface area (Å²) >= 11 is 0. The highest BCUT2D eigenvalue weighted by Gasteiger charge is 1.85. The van der Waals surface area contributed by atoms with Crippen LogP contribution in [-0.2, 0) is 0 Å². The first kappa shape index (κ1) is 8.20. The summed E-state index contributed by atoms with van der Waals surface area (Å²) in [6, 6.07) is 5.70. The number of rotatable bonds is 1. The van der Waals surface area contributed by atoms with Gasteiger partial charge in [-0.25, -0.2) is 5.84 Å². The molecule has 0 unspecified atom stereocenters. The van der Waals surface area contributed by atoms with E-state index in [2.05, 4.69) is 5.53 Å². The Morgan fingerprint density at radius 1 is 1.11 bits per heavy atom. The first-order chi connectivity index (χ1) is 3.93. The Hall–Kier alpha value is -0.800. The standard InChI is InChI=1S/C5H8N3.ClH/c6-7-8-4-2-1-3-5-8;/h1-5,7H,6H2;1H/q+1;. The van der Waals surface area contributed by atoms with Gasteiger partial charge in [-0.05, 0) is 0 Å². The molecule has 3 N–H and O–H groups in total. The van der Waals surface area contributed by atoms with Crippen LogP contribution in [-0.4, -0.2) is 0 Å². The molecular weight excluding hydrogens is 138 g/mol. The van der Waals surface area contributed by atoms with Crippen molar-refractivity contribution in [3.8, 4) is 0 Å². The highest BCUT2D eigenvalue weighted by Crippen LogP contribution is 1.71. The van der Waals surface area contributed by atoms with Crippen molar-refractivity contribution in [2.24, 2.45) is 5.84 Å². The van der Waals surface area contributed by atoms with Crippen LogP contribution >= 0.6 is 12.4 Å². The maximum atomic E-state index is 5.06. The fourth-order valence-corrected chi connectivity index (χ4v) is 0.485. The van der Waals surface area contributed by atoms with Gasteiger partial charge < -0.3 is 0 Å². The van der Waals surface area contributed by atoms with E-state index in [1.54, 1.807) is 4.68 Å². The van der Waals surface area contributed by atoms with E-state index in [1.165, 1.54) is 0 Å². The molecule has 0 aromatic carbocycles. The van der Waals surface area contributed by atoms with Crippen LogP contribution in [0.5, 0.6) is 0 Å². The maximum absolute atomic E-state index is 5.06. The van der Waals surface area contributed by atoms with E-state index in [-0.39, 0.29) is 12.4 Å². The number of nitrogen functional groups attached to an aromatic ring is 1. The molecule has 4 heteroatoms. The topological polar surface area (TPSA) is 41.9 Å². The SMILES string of the molecule is Cl.NN[n+]1ccccc1. The summed E-state index contributed by atoms with van der Waals surface area (Å²) in [7, 11) is 0. The second kappa shape index (κ2) is 4.12. The summed E-state index contributed by atoms with van der Waals surface area (Å²) in [4.78, 5) is 0. The van der Waals surface area contributed by atoms with Gasteiger partial charge in [-0.3, -0.25) is 0 Å². The molecule has 0 aliphatic carbocycles. The van der Waals surface area contributed by atoms with Crippen molar-refractivity contribution in [3.63, 3.8) is 0 Å².